The van der Waals surface area contributed by atoms with Gasteiger partial charge in [-0.15, -0.1) is 0 Å². The molecule has 1 aliphatic heterocycles. The van der Waals surface area contributed by atoms with Crippen LogP contribution in [0.15, 0.2) is 17.1 Å². The molecule has 1 heterocycles. The summed E-state index contributed by atoms with van der Waals surface area (Å²) in [5.74, 6) is -0.00491. The van der Waals surface area contributed by atoms with Gasteiger partial charge in [0.05, 0.1) is 6.04 Å². The van der Waals surface area contributed by atoms with Crippen molar-refractivity contribution in [2.24, 2.45) is 16.6 Å². The maximum absolute atomic E-state index is 14.2. The van der Waals surface area contributed by atoms with Gasteiger partial charge in [-0.05, 0) is 30.5 Å². The Balaban J connectivity index is 2.51. The second-order valence-electron chi connectivity index (χ2n) is 4.84. The number of nitrogens with zero attached hydrogens (tertiary/aromatic N) is 1. The maximum Gasteiger partial charge on any atom is 0.154 e. The lowest BCUT2D eigenvalue weighted by atomic mass is 9.90. The molecule has 0 saturated carbocycles. The topological polar surface area (TPSA) is 64.4 Å². The summed E-state index contributed by atoms with van der Waals surface area (Å²) >= 11 is 1.54. The molecule has 3 nitrogen and oxygen atoms in total. The molecule has 3 atom stereocenters. The number of rotatable bonds is 1. The number of thioether (sulfide) groups is 1. The first-order chi connectivity index (χ1) is 8.40. The fraction of sp³-hybridized carbons (Fsp3) is 0.462. The third-order valence-electron chi connectivity index (χ3n) is 3.44. The molecule has 0 fully saturated rings. The molecule has 4 N–H and O–H groups in total. The fourth-order valence-electron chi connectivity index (χ4n) is 2.23. The standard InChI is InChI=1S/C13H18FN3S/c1-6-4-9(15)5-10(11(6)14)12-7(2)8(3)18-13(16)17-12/h4-5,7-8,12H,15H2,1-3H3,(H2,16,17)/t7?,8-,12?/m0/s1. The molecule has 18 heavy (non-hydrogen) atoms. The molecule has 0 aromatic heterocycles. The molecule has 1 aliphatic rings. The summed E-state index contributed by atoms with van der Waals surface area (Å²) in [5.41, 5.74) is 13.3. The van der Waals surface area contributed by atoms with Gasteiger partial charge in [0.2, 0.25) is 0 Å². The summed E-state index contributed by atoms with van der Waals surface area (Å²) in [4.78, 5) is 4.39. The molecule has 0 spiro atoms. The van der Waals surface area contributed by atoms with Gasteiger partial charge in [-0.2, -0.15) is 0 Å². The van der Waals surface area contributed by atoms with E-state index in [0.717, 1.165) is 0 Å². The van der Waals surface area contributed by atoms with Crippen LogP contribution in [0.1, 0.15) is 31.0 Å². The predicted molar refractivity (Wildman–Crippen MR) is 76.1 cm³/mol. The zero-order valence-corrected chi connectivity index (χ0v) is 11.6. The van der Waals surface area contributed by atoms with E-state index in [2.05, 4.69) is 18.8 Å². The first kappa shape index (κ1) is 13.2. The van der Waals surface area contributed by atoms with Gasteiger partial charge in [-0.3, -0.25) is 4.99 Å². The number of nitrogens with two attached hydrogens (primary N) is 2. The van der Waals surface area contributed by atoms with E-state index in [-0.39, 0.29) is 17.8 Å². The third-order valence-corrected chi connectivity index (χ3v) is 4.58. The normalized spacial score (nSPS) is 28.0. The molecule has 0 aliphatic carbocycles. The molecule has 0 amide bonds. The van der Waals surface area contributed by atoms with Gasteiger partial charge in [-0.1, -0.05) is 25.6 Å². The van der Waals surface area contributed by atoms with Crippen molar-refractivity contribution in [1.82, 2.24) is 0 Å². The Morgan fingerprint density at radius 2 is 1.94 bits per heavy atom. The average Bonchev–Trinajstić information content (AvgIpc) is 2.28. The highest BCUT2D eigenvalue weighted by Crippen LogP contribution is 2.40. The highest BCUT2D eigenvalue weighted by molar-refractivity contribution is 8.14. The number of halogens is 1. The van der Waals surface area contributed by atoms with Gasteiger partial charge in [0, 0.05) is 16.5 Å². The molecule has 2 unspecified atom stereocenters. The van der Waals surface area contributed by atoms with Gasteiger partial charge < -0.3 is 11.5 Å². The number of aliphatic imine (C=N–C) groups is 1. The molecule has 0 radical (unpaired) electrons. The van der Waals surface area contributed by atoms with Crippen molar-refractivity contribution in [2.75, 3.05) is 5.73 Å². The van der Waals surface area contributed by atoms with Crippen molar-refractivity contribution in [2.45, 2.75) is 32.1 Å². The molecule has 98 valence electrons. The van der Waals surface area contributed by atoms with E-state index < -0.39 is 0 Å². The van der Waals surface area contributed by atoms with Crippen LogP contribution in [0, 0.1) is 18.7 Å². The lowest BCUT2D eigenvalue weighted by Gasteiger charge is -2.31. The second kappa shape index (κ2) is 4.80. The lowest BCUT2D eigenvalue weighted by molar-refractivity contribution is 0.446. The van der Waals surface area contributed by atoms with E-state index >= 15 is 0 Å². The Kier molecular flexibility index (Phi) is 3.52. The van der Waals surface area contributed by atoms with E-state index in [1.165, 1.54) is 11.8 Å². The molecule has 2 rings (SSSR count). The third kappa shape index (κ3) is 2.32. The van der Waals surface area contributed by atoms with Crippen molar-refractivity contribution in [1.29, 1.82) is 0 Å². The second-order valence-corrected chi connectivity index (χ2v) is 6.23. The van der Waals surface area contributed by atoms with Crippen LogP contribution in [-0.2, 0) is 0 Å². The Labute approximate surface area is 111 Å². The van der Waals surface area contributed by atoms with Crippen LogP contribution in [-0.4, -0.2) is 10.4 Å². The van der Waals surface area contributed by atoms with Crippen molar-refractivity contribution in [3.8, 4) is 0 Å². The zero-order chi connectivity index (χ0) is 13.4. The van der Waals surface area contributed by atoms with Gasteiger partial charge in [0.15, 0.2) is 5.17 Å². The van der Waals surface area contributed by atoms with E-state index in [4.69, 9.17) is 11.5 Å². The monoisotopic (exact) mass is 267 g/mol. The quantitative estimate of drug-likeness (QED) is 0.769. The number of aryl methyl sites for hydroxylation is 1. The number of hydrogen-bond acceptors (Lipinski definition) is 4. The minimum atomic E-state index is -0.247. The van der Waals surface area contributed by atoms with Gasteiger partial charge in [0.1, 0.15) is 5.82 Å². The van der Waals surface area contributed by atoms with Crippen molar-refractivity contribution in [3.05, 3.63) is 29.1 Å². The van der Waals surface area contributed by atoms with E-state index in [9.17, 15) is 4.39 Å². The van der Waals surface area contributed by atoms with E-state index in [1.54, 1.807) is 19.1 Å². The first-order valence-corrected chi connectivity index (χ1v) is 6.83. The highest BCUT2D eigenvalue weighted by Gasteiger charge is 2.31. The van der Waals surface area contributed by atoms with Crippen LogP contribution in [0.4, 0.5) is 10.1 Å². The van der Waals surface area contributed by atoms with Crippen LogP contribution < -0.4 is 11.5 Å². The summed E-state index contributed by atoms with van der Waals surface area (Å²) in [7, 11) is 0. The average molecular weight is 267 g/mol. The van der Waals surface area contributed by atoms with Gasteiger partial charge in [0.25, 0.3) is 0 Å². The number of amidine groups is 1. The number of anilines is 1. The maximum atomic E-state index is 14.2. The Hall–Kier alpha value is -1.23. The Morgan fingerprint density at radius 1 is 1.28 bits per heavy atom. The molecule has 0 saturated heterocycles. The highest BCUT2D eigenvalue weighted by atomic mass is 32.2. The molecule has 5 heteroatoms. The molecular formula is C13H18FN3S. The molecule has 1 aromatic carbocycles. The van der Waals surface area contributed by atoms with Crippen molar-refractivity contribution >= 4 is 22.6 Å². The molecule has 1 aromatic rings. The van der Waals surface area contributed by atoms with Crippen LogP contribution in [0.2, 0.25) is 0 Å². The van der Waals surface area contributed by atoms with Gasteiger partial charge >= 0.3 is 0 Å². The predicted octanol–water partition coefficient (Wildman–Crippen LogP) is 2.84. The summed E-state index contributed by atoms with van der Waals surface area (Å²) in [6.45, 7) is 5.87. The summed E-state index contributed by atoms with van der Waals surface area (Å²) in [6.07, 6.45) is 0. The number of hydrogen-bond donors (Lipinski definition) is 2. The summed E-state index contributed by atoms with van der Waals surface area (Å²) < 4.78 is 14.2. The van der Waals surface area contributed by atoms with Crippen LogP contribution in [0.25, 0.3) is 0 Å². The zero-order valence-electron chi connectivity index (χ0n) is 10.8. The lowest BCUT2D eigenvalue weighted by Crippen LogP contribution is -2.29. The largest absolute Gasteiger partial charge is 0.399 e. The summed E-state index contributed by atoms with van der Waals surface area (Å²) in [5, 5.41) is 0.832. The van der Waals surface area contributed by atoms with Crippen LogP contribution in [0.5, 0.6) is 0 Å². The van der Waals surface area contributed by atoms with Crippen molar-refractivity contribution in [3.63, 3.8) is 0 Å². The van der Waals surface area contributed by atoms with Gasteiger partial charge in [-0.25, -0.2) is 4.39 Å². The smallest absolute Gasteiger partial charge is 0.154 e. The Morgan fingerprint density at radius 3 is 2.61 bits per heavy atom. The van der Waals surface area contributed by atoms with E-state index in [1.807, 2.05) is 0 Å². The number of nitrogen functional groups attached to an aromatic ring is 1. The fourth-order valence-corrected chi connectivity index (χ4v) is 3.15. The SMILES string of the molecule is Cc1cc(N)cc(C2N=C(N)S[C@@H](C)C2C)c1F. The Bertz CT molecular complexity index is 501. The first-order valence-electron chi connectivity index (χ1n) is 5.95. The van der Waals surface area contributed by atoms with Crippen LogP contribution >= 0.6 is 11.8 Å². The van der Waals surface area contributed by atoms with E-state index in [0.29, 0.717) is 27.2 Å². The molecular weight excluding hydrogens is 249 g/mol. The minimum absolute atomic E-state index is 0.220. The van der Waals surface area contributed by atoms with Crippen LogP contribution in [0.3, 0.4) is 0 Å². The minimum Gasteiger partial charge on any atom is -0.399 e. The number of benzene rings is 1. The summed E-state index contributed by atoms with van der Waals surface area (Å²) in [6, 6.07) is 3.06. The van der Waals surface area contributed by atoms with Crippen molar-refractivity contribution < 1.29 is 4.39 Å². The molecule has 0 bridgehead atoms.